The van der Waals surface area contributed by atoms with Crippen LogP contribution in [0.3, 0.4) is 0 Å². The number of carbonyl (C=O) groups is 1. The Morgan fingerprint density at radius 2 is 2.05 bits per heavy atom. The topological polar surface area (TPSA) is 46.3 Å². The maximum atomic E-state index is 13.1. The number of anilines is 1. The number of hydrogen-bond donors (Lipinski definition) is 1. The fraction of sp³-hybridized carbons (Fsp3) is 0.188. The van der Waals surface area contributed by atoms with Gasteiger partial charge in [-0.3, -0.25) is 4.79 Å². The summed E-state index contributed by atoms with van der Waals surface area (Å²) in [6.07, 6.45) is 0. The van der Waals surface area contributed by atoms with Gasteiger partial charge in [-0.2, -0.15) is 0 Å². The number of hydrogen-bond acceptors (Lipinski definition) is 2. The molecule has 21 heavy (non-hydrogen) atoms. The minimum Gasteiger partial charge on any atom is -0.399 e. The van der Waals surface area contributed by atoms with Crippen molar-refractivity contribution in [3.05, 3.63) is 63.9 Å². The van der Waals surface area contributed by atoms with E-state index in [0.717, 1.165) is 5.56 Å². The third kappa shape index (κ3) is 3.82. The fourth-order valence-corrected chi connectivity index (χ4v) is 2.59. The van der Waals surface area contributed by atoms with E-state index >= 15 is 0 Å². The number of nitrogen functional groups attached to an aromatic ring is 1. The molecule has 3 nitrogen and oxygen atoms in total. The summed E-state index contributed by atoms with van der Waals surface area (Å²) in [5.41, 5.74) is 7.82. The Morgan fingerprint density at radius 3 is 2.67 bits per heavy atom. The first-order chi connectivity index (χ1) is 10.0. The maximum absolute atomic E-state index is 13.1. The lowest BCUT2D eigenvalue weighted by atomic mass is 10.1. The molecule has 0 aliphatic heterocycles. The number of carbonyl (C=O) groups excluding carboxylic acids is 1. The third-order valence-electron chi connectivity index (χ3n) is 3.15. The molecule has 2 aromatic rings. The highest BCUT2D eigenvalue weighted by Gasteiger charge is 2.17. The molecule has 0 aliphatic rings. The summed E-state index contributed by atoms with van der Waals surface area (Å²) in [5, 5.41) is 0. The molecule has 0 aliphatic carbocycles. The molecule has 0 spiro atoms. The lowest BCUT2D eigenvalue weighted by Crippen LogP contribution is -2.30. The van der Waals surface area contributed by atoms with Crippen LogP contribution in [0.25, 0.3) is 0 Å². The van der Waals surface area contributed by atoms with E-state index in [1.807, 2.05) is 25.1 Å². The number of benzene rings is 2. The molecule has 1 amide bonds. The molecular weight excluding hydrogens is 335 g/mol. The molecule has 2 rings (SSSR count). The van der Waals surface area contributed by atoms with E-state index in [0.29, 0.717) is 28.8 Å². The summed E-state index contributed by atoms with van der Waals surface area (Å²) in [7, 11) is 0. The van der Waals surface area contributed by atoms with Crippen molar-refractivity contribution in [2.24, 2.45) is 0 Å². The van der Waals surface area contributed by atoms with Gasteiger partial charge >= 0.3 is 0 Å². The first kappa shape index (κ1) is 15.5. The highest BCUT2D eigenvalue weighted by molar-refractivity contribution is 9.10. The Morgan fingerprint density at radius 1 is 1.29 bits per heavy atom. The Hall–Kier alpha value is -1.88. The molecule has 0 fully saturated rings. The summed E-state index contributed by atoms with van der Waals surface area (Å²) in [4.78, 5) is 14.2. The van der Waals surface area contributed by atoms with E-state index in [9.17, 15) is 9.18 Å². The SMILES string of the molecule is CCN(Cc1cccc(N)c1)C(=O)c1ccc(F)cc1Br. The van der Waals surface area contributed by atoms with Crippen LogP contribution >= 0.6 is 15.9 Å². The fourth-order valence-electron chi connectivity index (χ4n) is 2.07. The average molecular weight is 351 g/mol. The normalized spacial score (nSPS) is 10.4. The van der Waals surface area contributed by atoms with Gasteiger partial charge in [0.25, 0.3) is 5.91 Å². The van der Waals surface area contributed by atoms with Gasteiger partial charge in [-0.15, -0.1) is 0 Å². The number of rotatable bonds is 4. The van der Waals surface area contributed by atoms with Crippen LogP contribution in [-0.4, -0.2) is 17.4 Å². The van der Waals surface area contributed by atoms with Gasteiger partial charge in [0.05, 0.1) is 5.56 Å². The molecular formula is C16H16BrFN2O. The molecule has 0 radical (unpaired) electrons. The number of halogens is 2. The lowest BCUT2D eigenvalue weighted by Gasteiger charge is -2.22. The smallest absolute Gasteiger partial charge is 0.255 e. The standard InChI is InChI=1S/C16H16BrFN2O/c1-2-20(10-11-4-3-5-13(19)8-11)16(21)14-7-6-12(18)9-15(14)17/h3-9H,2,10,19H2,1H3. The first-order valence-electron chi connectivity index (χ1n) is 6.60. The second kappa shape index (κ2) is 6.72. The molecule has 2 N–H and O–H groups in total. The Kier molecular flexibility index (Phi) is 4.96. The zero-order valence-electron chi connectivity index (χ0n) is 11.6. The maximum Gasteiger partial charge on any atom is 0.255 e. The monoisotopic (exact) mass is 350 g/mol. The Labute approximate surface area is 131 Å². The predicted molar refractivity (Wildman–Crippen MR) is 85.4 cm³/mol. The van der Waals surface area contributed by atoms with Crippen LogP contribution in [0.1, 0.15) is 22.8 Å². The van der Waals surface area contributed by atoms with Crippen LogP contribution in [0, 0.1) is 5.82 Å². The van der Waals surface area contributed by atoms with Crippen molar-refractivity contribution in [1.29, 1.82) is 0 Å². The number of amides is 1. The van der Waals surface area contributed by atoms with Crippen molar-refractivity contribution in [2.45, 2.75) is 13.5 Å². The van der Waals surface area contributed by atoms with E-state index < -0.39 is 0 Å². The van der Waals surface area contributed by atoms with Gasteiger partial charge in [0.1, 0.15) is 5.82 Å². The quantitative estimate of drug-likeness (QED) is 0.851. The summed E-state index contributed by atoms with van der Waals surface area (Å²) >= 11 is 3.23. The first-order valence-corrected chi connectivity index (χ1v) is 7.39. The summed E-state index contributed by atoms with van der Waals surface area (Å²) in [5.74, 6) is -0.524. The van der Waals surface area contributed by atoms with Gasteiger partial charge < -0.3 is 10.6 Å². The molecule has 0 unspecified atom stereocenters. The Bertz CT molecular complexity index is 660. The van der Waals surface area contributed by atoms with E-state index in [4.69, 9.17) is 5.73 Å². The summed E-state index contributed by atoms with van der Waals surface area (Å²) in [6.45, 7) is 2.92. The third-order valence-corrected chi connectivity index (χ3v) is 3.81. The minimum atomic E-state index is -0.377. The zero-order valence-corrected chi connectivity index (χ0v) is 13.2. The molecule has 0 aromatic heterocycles. The van der Waals surface area contributed by atoms with Gasteiger partial charge in [-0.25, -0.2) is 4.39 Å². The largest absolute Gasteiger partial charge is 0.399 e. The van der Waals surface area contributed by atoms with Crippen molar-refractivity contribution in [3.8, 4) is 0 Å². The molecule has 0 saturated carbocycles. The van der Waals surface area contributed by atoms with Crippen molar-refractivity contribution >= 4 is 27.5 Å². The molecule has 0 saturated heterocycles. The van der Waals surface area contributed by atoms with Crippen molar-refractivity contribution in [3.63, 3.8) is 0 Å². The minimum absolute atomic E-state index is 0.146. The van der Waals surface area contributed by atoms with Gasteiger partial charge in [0.15, 0.2) is 0 Å². The van der Waals surface area contributed by atoms with E-state index in [2.05, 4.69) is 15.9 Å². The van der Waals surface area contributed by atoms with Crippen LogP contribution in [-0.2, 0) is 6.54 Å². The molecule has 0 heterocycles. The van der Waals surface area contributed by atoms with Crippen molar-refractivity contribution < 1.29 is 9.18 Å². The summed E-state index contributed by atoms with van der Waals surface area (Å²) < 4.78 is 13.6. The van der Waals surface area contributed by atoms with Gasteiger partial charge in [-0.05, 0) is 58.7 Å². The predicted octanol–water partition coefficient (Wildman–Crippen LogP) is 3.83. The second-order valence-electron chi connectivity index (χ2n) is 4.69. The van der Waals surface area contributed by atoms with Crippen molar-refractivity contribution in [1.82, 2.24) is 4.90 Å². The number of nitrogens with zero attached hydrogens (tertiary/aromatic N) is 1. The van der Waals surface area contributed by atoms with Crippen LogP contribution in [0.5, 0.6) is 0 Å². The number of nitrogens with two attached hydrogens (primary N) is 1. The molecule has 0 atom stereocenters. The van der Waals surface area contributed by atoms with E-state index in [1.54, 1.807) is 11.0 Å². The van der Waals surface area contributed by atoms with Crippen LogP contribution in [0.2, 0.25) is 0 Å². The van der Waals surface area contributed by atoms with Crippen LogP contribution in [0.15, 0.2) is 46.9 Å². The second-order valence-corrected chi connectivity index (χ2v) is 5.54. The molecule has 110 valence electrons. The van der Waals surface area contributed by atoms with Gasteiger partial charge in [0.2, 0.25) is 0 Å². The van der Waals surface area contributed by atoms with Gasteiger partial charge in [-0.1, -0.05) is 12.1 Å². The summed E-state index contributed by atoms with van der Waals surface area (Å²) in [6, 6.07) is 11.5. The Balaban J connectivity index is 2.22. The highest BCUT2D eigenvalue weighted by atomic mass is 79.9. The van der Waals surface area contributed by atoms with Gasteiger partial charge in [0, 0.05) is 23.2 Å². The zero-order chi connectivity index (χ0) is 15.4. The lowest BCUT2D eigenvalue weighted by molar-refractivity contribution is 0.0751. The van der Waals surface area contributed by atoms with Crippen LogP contribution < -0.4 is 5.73 Å². The average Bonchev–Trinajstić information content (AvgIpc) is 2.44. The molecule has 5 heteroatoms. The molecule has 2 aromatic carbocycles. The van der Waals surface area contributed by atoms with Crippen LogP contribution in [0.4, 0.5) is 10.1 Å². The van der Waals surface area contributed by atoms with E-state index in [-0.39, 0.29) is 11.7 Å². The van der Waals surface area contributed by atoms with Crippen molar-refractivity contribution in [2.75, 3.05) is 12.3 Å². The van der Waals surface area contributed by atoms with E-state index in [1.165, 1.54) is 18.2 Å². The molecule has 0 bridgehead atoms. The highest BCUT2D eigenvalue weighted by Crippen LogP contribution is 2.21.